The first-order valence-corrected chi connectivity index (χ1v) is 9.31. The maximum Gasteiger partial charge on any atom is 0.338 e. The quantitative estimate of drug-likeness (QED) is 0.740. The summed E-state index contributed by atoms with van der Waals surface area (Å²) < 4.78 is 32.0. The molecule has 0 bridgehead atoms. The van der Waals surface area contributed by atoms with Gasteiger partial charge in [0, 0.05) is 6.54 Å². The topological polar surface area (TPSA) is 84.5 Å². The van der Waals surface area contributed by atoms with Gasteiger partial charge in [-0.3, -0.25) is 0 Å². The van der Waals surface area contributed by atoms with Crippen molar-refractivity contribution in [3.05, 3.63) is 29.3 Å². The van der Waals surface area contributed by atoms with E-state index in [2.05, 4.69) is 14.8 Å². The molecule has 0 radical (unpaired) electrons. The molecule has 2 rings (SSSR count). The molecule has 1 heterocycles. The fraction of sp³-hybridized carbons (Fsp3) is 0.562. The van der Waals surface area contributed by atoms with E-state index in [1.807, 2.05) is 0 Å². The second kappa shape index (κ2) is 9.36. The van der Waals surface area contributed by atoms with Crippen molar-refractivity contribution in [1.29, 1.82) is 0 Å². The van der Waals surface area contributed by atoms with Gasteiger partial charge in [0.1, 0.15) is 0 Å². The Kier molecular flexibility index (Phi) is 8.15. The number of carbonyl (C=O) groups excluding carboxylic acids is 1. The third-order valence-electron chi connectivity index (χ3n) is 4.17. The van der Waals surface area contributed by atoms with Gasteiger partial charge in [-0.1, -0.05) is 6.07 Å². The van der Waals surface area contributed by atoms with Crippen LogP contribution in [0.5, 0.6) is 0 Å². The molecular weight excluding hydrogens is 352 g/mol. The lowest BCUT2D eigenvalue weighted by Gasteiger charge is -2.22. The van der Waals surface area contributed by atoms with Crippen LogP contribution in [0.1, 0.15) is 35.2 Å². The zero-order chi connectivity index (χ0) is 16.9. The molecule has 1 fully saturated rings. The number of carbonyl (C=O) groups is 1. The summed E-state index contributed by atoms with van der Waals surface area (Å²) in [5.74, 6) is -0.0251. The molecular formula is C16H25ClN2O4S. The van der Waals surface area contributed by atoms with E-state index in [-0.39, 0.29) is 22.9 Å². The molecule has 0 aromatic heterocycles. The lowest BCUT2D eigenvalue weighted by Crippen LogP contribution is -2.33. The molecule has 0 aliphatic carbocycles. The van der Waals surface area contributed by atoms with Crippen molar-refractivity contribution in [3.8, 4) is 0 Å². The van der Waals surface area contributed by atoms with Crippen LogP contribution >= 0.6 is 12.4 Å². The SMILES string of the molecule is COC(=O)c1cc(S(=O)(=O)NCCC2CCCNC2)ccc1C.Cl. The summed E-state index contributed by atoms with van der Waals surface area (Å²) in [4.78, 5) is 11.8. The second-order valence-electron chi connectivity index (χ2n) is 5.87. The summed E-state index contributed by atoms with van der Waals surface area (Å²) in [7, 11) is -2.34. The van der Waals surface area contributed by atoms with Crippen LogP contribution < -0.4 is 10.0 Å². The molecule has 1 saturated heterocycles. The summed E-state index contributed by atoms with van der Waals surface area (Å²) in [6.07, 6.45) is 3.07. The molecule has 0 amide bonds. The largest absolute Gasteiger partial charge is 0.465 e. The van der Waals surface area contributed by atoms with Crippen molar-refractivity contribution in [3.63, 3.8) is 0 Å². The minimum absolute atomic E-state index is 0. The highest BCUT2D eigenvalue weighted by Gasteiger charge is 2.19. The summed E-state index contributed by atoms with van der Waals surface area (Å²) >= 11 is 0. The van der Waals surface area contributed by atoms with Crippen molar-refractivity contribution < 1.29 is 17.9 Å². The highest BCUT2D eigenvalue weighted by atomic mass is 35.5. The molecule has 24 heavy (non-hydrogen) atoms. The van der Waals surface area contributed by atoms with E-state index in [0.717, 1.165) is 32.4 Å². The zero-order valence-electron chi connectivity index (χ0n) is 14.0. The first-order valence-electron chi connectivity index (χ1n) is 7.83. The standard InChI is InChI=1S/C16H24N2O4S.ClH/c1-12-5-6-14(10-15(12)16(19)22-2)23(20,21)18-9-7-13-4-3-8-17-11-13;/h5-6,10,13,17-18H,3-4,7-9,11H2,1-2H3;1H. The van der Waals surface area contributed by atoms with Gasteiger partial charge in [-0.15, -0.1) is 12.4 Å². The van der Waals surface area contributed by atoms with Crippen molar-refractivity contribution in [1.82, 2.24) is 10.0 Å². The van der Waals surface area contributed by atoms with Crippen LogP contribution in [-0.4, -0.2) is 41.1 Å². The Bertz CT molecular complexity index is 658. The maximum atomic E-state index is 12.4. The van der Waals surface area contributed by atoms with Gasteiger partial charge in [0.15, 0.2) is 0 Å². The number of aryl methyl sites for hydroxylation is 1. The van der Waals surface area contributed by atoms with Gasteiger partial charge < -0.3 is 10.1 Å². The first kappa shape index (κ1) is 20.9. The molecule has 2 N–H and O–H groups in total. The molecule has 6 nitrogen and oxygen atoms in total. The number of benzene rings is 1. The van der Waals surface area contributed by atoms with Crippen molar-refractivity contribution in [2.45, 2.75) is 31.1 Å². The summed E-state index contributed by atoms with van der Waals surface area (Å²) in [6.45, 7) is 4.13. The number of halogens is 1. The number of hydrogen-bond donors (Lipinski definition) is 2. The van der Waals surface area contributed by atoms with Crippen LogP contribution in [0.25, 0.3) is 0 Å². The molecule has 1 unspecified atom stereocenters. The molecule has 1 aromatic rings. The molecule has 0 saturated carbocycles. The summed E-state index contributed by atoms with van der Waals surface area (Å²) in [5.41, 5.74) is 0.955. The van der Waals surface area contributed by atoms with Crippen LogP contribution in [0, 0.1) is 12.8 Å². The lowest BCUT2D eigenvalue weighted by atomic mass is 9.96. The van der Waals surface area contributed by atoms with Crippen LogP contribution in [0.15, 0.2) is 23.1 Å². The van der Waals surface area contributed by atoms with E-state index in [0.29, 0.717) is 18.0 Å². The molecule has 1 aliphatic heterocycles. The van der Waals surface area contributed by atoms with E-state index >= 15 is 0 Å². The van der Waals surface area contributed by atoms with Crippen molar-refractivity contribution >= 4 is 28.4 Å². The Morgan fingerprint density at radius 3 is 2.79 bits per heavy atom. The molecule has 1 aliphatic rings. The Labute approximate surface area is 149 Å². The third kappa shape index (κ3) is 5.44. The number of sulfonamides is 1. The lowest BCUT2D eigenvalue weighted by molar-refractivity contribution is 0.0599. The van der Waals surface area contributed by atoms with Gasteiger partial charge >= 0.3 is 5.97 Å². The Balaban J connectivity index is 0.00000288. The summed E-state index contributed by atoms with van der Waals surface area (Å²) in [5, 5.41) is 3.32. The normalized spacial score (nSPS) is 17.8. The number of piperidine rings is 1. The molecule has 0 spiro atoms. The minimum atomic E-state index is -3.62. The van der Waals surface area contributed by atoms with Gasteiger partial charge in [0.05, 0.1) is 17.6 Å². The second-order valence-corrected chi connectivity index (χ2v) is 7.63. The van der Waals surface area contributed by atoms with E-state index < -0.39 is 16.0 Å². The van der Waals surface area contributed by atoms with Gasteiger partial charge in [-0.05, 0) is 62.9 Å². The number of nitrogens with one attached hydrogen (secondary N) is 2. The van der Waals surface area contributed by atoms with Crippen LogP contribution in [0.2, 0.25) is 0 Å². The number of rotatable bonds is 6. The monoisotopic (exact) mass is 376 g/mol. The maximum absolute atomic E-state index is 12.4. The minimum Gasteiger partial charge on any atom is -0.465 e. The van der Waals surface area contributed by atoms with E-state index in [4.69, 9.17) is 0 Å². The smallest absolute Gasteiger partial charge is 0.338 e. The fourth-order valence-electron chi connectivity index (χ4n) is 2.75. The highest BCUT2D eigenvalue weighted by Crippen LogP contribution is 2.17. The van der Waals surface area contributed by atoms with Gasteiger partial charge in [0.2, 0.25) is 10.0 Å². The van der Waals surface area contributed by atoms with Crippen LogP contribution in [0.4, 0.5) is 0 Å². The number of ether oxygens (including phenoxy) is 1. The Morgan fingerprint density at radius 1 is 1.42 bits per heavy atom. The van der Waals surface area contributed by atoms with Crippen molar-refractivity contribution in [2.24, 2.45) is 5.92 Å². The first-order chi connectivity index (χ1) is 10.9. The molecule has 1 aromatic carbocycles. The average molecular weight is 377 g/mol. The molecule has 8 heteroatoms. The average Bonchev–Trinajstić information content (AvgIpc) is 2.55. The van der Waals surface area contributed by atoms with Crippen molar-refractivity contribution in [2.75, 3.05) is 26.7 Å². The van der Waals surface area contributed by atoms with E-state index in [1.165, 1.54) is 19.2 Å². The molecule has 136 valence electrons. The van der Waals surface area contributed by atoms with Crippen LogP contribution in [0.3, 0.4) is 0 Å². The summed E-state index contributed by atoms with van der Waals surface area (Å²) in [6, 6.07) is 4.49. The highest BCUT2D eigenvalue weighted by molar-refractivity contribution is 7.89. The fourth-order valence-corrected chi connectivity index (χ4v) is 3.82. The Morgan fingerprint density at radius 2 is 2.17 bits per heavy atom. The van der Waals surface area contributed by atoms with Gasteiger partial charge in [-0.2, -0.15) is 0 Å². The Hall–Kier alpha value is -1.15. The number of esters is 1. The molecule has 1 atom stereocenters. The zero-order valence-corrected chi connectivity index (χ0v) is 15.6. The third-order valence-corrected chi connectivity index (χ3v) is 5.63. The predicted octanol–water partition coefficient (Wildman–Crippen LogP) is 1.87. The van der Waals surface area contributed by atoms with E-state index in [1.54, 1.807) is 13.0 Å². The number of methoxy groups -OCH3 is 1. The van der Waals surface area contributed by atoms with Crippen LogP contribution in [-0.2, 0) is 14.8 Å². The number of hydrogen-bond acceptors (Lipinski definition) is 5. The van der Waals surface area contributed by atoms with E-state index in [9.17, 15) is 13.2 Å². The van der Waals surface area contributed by atoms with Gasteiger partial charge in [0.25, 0.3) is 0 Å². The predicted molar refractivity (Wildman–Crippen MR) is 95.2 cm³/mol. The van der Waals surface area contributed by atoms with Gasteiger partial charge in [-0.25, -0.2) is 17.9 Å².